The first-order valence-electron chi connectivity index (χ1n) is 9.48. The van der Waals surface area contributed by atoms with Gasteiger partial charge in [-0.25, -0.2) is 0 Å². The van der Waals surface area contributed by atoms with Crippen molar-refractivity contribution >= 4 is 23.4 Å². The zero-order chi connectivity index (χ0) is 19.2. The maximum absolute atomic E-state index is 13.0. The van der Waals surface area contributed by atoms with Crippen molar-refractivity contribution in [2.75, 3.05) is 20.8 Å². The number of hydrogen-bond donors (Lipinski definition) is 0. The Morgan fingerprint density at radius 1 is 1.11 bits per heavy atom. The van der Waals surface area contributed by atoms with E-state index in [4.69, 9.17) is 25.8 Å². The highest BCUT2D eigenvalue weighted by molar-refractivity contribution is 6.24. The SMILES string of the molecule is COc1ccc(OC)c(C(=O)COC(=O)C23C[C@@H]4C[C@H](CC(Cl)(C4)C2)C3)c1. The van der Waals surface area contributed by atoms with Crippen LogP contribution in [0.3, 0.4) is 0 Å². The average molecular weight is 393 g/mol. The van der Waals surface area contributed by atoms with E-state index >= 15 is 0 Å². The first-order valence-corrected chi connectivity index (χ1v) is 9.86. The summed E-state index contributed by atoms with van der Waals surface area (Å²) in [5.41, 5.74) is -0.158. The molecule has 4 fully saturated rings. The second kappa shape index (κ2) is 6.69. The Hall–Kier alpha value is -1.75. The van der Waals surface area contributed by atoms with Crippen LogP contribution >= 0.6 is 11.6 Å². The van der Waals surface area contributed by atoms with Crippen molar-refractivity contribution in [1.82, 2.24) is 0 Å². The highest BCUT2D eigenvalue weighted by Crippen LogP contribution is 2.64. The van der Waals surface area contributed by atoms with E-state index in [0.717, 1.165) is 25.7 Å². The fraction of sp³-hybridized carbons (Fsp3) is 0.619. The number of carbonyl (C=O) groups excluding carboxylic acids is 2. The summed E-state index contributed by atoms with van der Waals surface area (Å²) in [6.07, 6.45) is 5.52. The quantitative estimate of drug-likeness (QED) is 0.416. The van der Waals surface area contributed by atoms with Crippen molar-refractivity contribution < 1.29 is 23.8 Å². The Balaban J connectivity index is 1.46. The molecule has 0 heterocycles. The molecule has 0 N–H and O–H groups in total. The summed E-state index contributed by atoms with van der Waals surface area (Å²) in [5, 5.41) is 0. The number of rotatable bonds is 6. The van der Waals surface area contributed by atoms with Crippen LogP contribution in [0.4, 0.5) is 0 Å². The van der Waals surface area contributed by atoms with Gasteiger partial charge in [0.15, 0.2) is 6.61 Å². The lowest BCUT2D eigenvalue weighted by molar-refractivity contribution is -0.168. The molecule has 4 saturated carbocycles. The molecule has 5 nitrogen and oxygen atoms in total. The molecule has 0 spiro atoms. The molecule has 146 valence electrons. The minimum Gasteiger partial charge on any atom is -0.497 e. The number of methoxy groups -OCH3 is 2. The van der Waals surface area contributed by atoms with Crippen LogP contribution in [0, 0.1) is 17.3 Å². The van der Waals surface area contributed by atoms with Crippen molar-refractivity contribution in [3.8, 4) is 11.5 Å². The van der Waals surface area contributed by atoms with Gasteiger partial charge in [0, 0.05) is 4.87 Å². The molecular weight excluding hydrogens is 368 g/mol. The molecule has 2 atom stereocenters. The van der Waals surface area contributed by atoms with E-state index < -0.39 is 5.41 Å². The van der Waals surface area contributed by atoms with Gasteiger partial charge in [-0.15, -0.1) is 11.6 Å². The molecule has 6 heteroatoms. The molecular formula is C21H25ClO5. The van der Waals surface area contributed by atoms with Crippen LogP contribution < -0.4 is 9.47 Å². The third-order valence-electron chi connectivity index (χ3n) is 6.46. The summed E-state index contributed by atoms with van der Waals surface area (Å²) in [4.78, 5) is 25.4. The van der Waals surface area contributed by atoms with Crippen LogP contribution in [-0.4, -0.2) is 37.5 Å². The Morgan fingerprint density at radius 3 is 2.41 bits per heavy atom. The highest BCUT2D eigenvalue weighted by atomic mass is 35.5. The largest absolute Gasteiger partial charge is 0.497 e. The van der Waals surface area contributed by atoms with Crippen molar-refractivity contribution in [2.24, 2.45) is 17.3 Å². The second-order valence-corrected chi connectivity index (χ2v) is 9.26. The van der Waals surface area contributed by atoms with Crippen molar-refractivity contribution in [1.29, 1.82) is 0 Å². The summed E-state index contributed by atoms with van der Waals surface area (Å²) in [6.45, 7) is -0.297. The van der Waals surface area contributed by atoms with Crippen LogP contribution in [-0.2, 0) is 9.53 Å². The summed E-state index contributed by atoms with van der Waals surface area (Å²) < 4.78 is 15.9. The minimum absolute atomic E-state index is 0.261. The van der Waals surface area contributed by atoms with E-state index in [9.17, 15) is 9.59 Å². The van der Waals surface area contributed by atoms with Crippen molar-refractivity contribution in [3.63, 3.8) is 0 Å². The smallest absolute Gasteiger partial charge is 0.312 e. The molecule has 5 rings (SSSR count). The molecule has 0 amide bonds. The van der Waals surface area contributed by atoms with Crippen LogP contribution in [0.25, 0.3) is 0 Å². The number of hydrogen-bond acceptors (Lipinski definition) is 5. The second-order valence-electron chi connectivity index (χ2n) is 8.46. The first-order chi connectivity index (χ1) is 12.9. The van der Waals surface area contributed by atoms with E-state index in [1.165, 1.54) is 20.6 Å². The van der Waals surface area contributed by atoms with Gasteiger partial charge >= 0.3 is 5.97 Å². The van der Waals surface area contributed by atoms with Crippen LogP contribution in [0.2, 0.25) is 0 Å². The molecule has 1 aromatic carbocycles. The molecule has 0 aliphatic heterocycles. The van der Waals surface area contributed by atoms with Gasteiger partial charge in [-0.3, -0.25) is 9.59 Å². The van der Waals surface area contributed by atoms with Crippen LogP contribution in [0.1, 0.15) is 48.9 Å². The van der Waals surface area contributed by atoms with Gasteiger partial charge in [-0.1, -0.05) is 0 Å². The number of alkyl halides is 1. The number of carbonyl (C=O) groups is 2. The Bertz CT molecular complexity index is 760. The Kier molecular flexibility index (Phi) is 4.61. The lowest BCUT2D eigenvalue weighted by Crippen LogP contribution is -2.56. The van der Waals surface area contributed by atoms with Gasteiger partial charge < -0.3 is 14.2 Å². The lowest BCUT2D eigenvalue weighted by Gasteiger charge is -2.58. The minimum atomic E-state index is -0.509. The van der Waals surface area contributed by atoms with Gasteiger partial charge in [-0.2, -0.15) is 0 Å². The van der Waals surface area contributed by atoms with E-state index in [1.807, 2.05) is 0 Å². The zero-order valence-electron chi connectivity index (χ0n) is 15.8. The molecule has 4 bridgehead atoms. The molecule has 1 aromatic rings. The van der Waals surface area contributed by atoms with Crippen LogP contribution in [0.15, 0.2) is 18.2 Å². The number of halogens is 1. The van der Waals surface area contributed by atoms with Gasteiger partial charge in [0.2, 0.25) is 5.78 Å². The fourth-order valence-electron chi connectivity index (χ4n) is 5.78. The number of benzene rings is 1. The summed E-state index contributed by atoms with van der Waals surface area (Å²) in [6, 6.07) is 4.99. The monoisotopic (exact) mass is 392 g/mol. The number of Topliss-reactive ketones (excluding diaryl/α,β-unsaturated/α-hetero) is 1. The summed E-state index contributed by atoms with van der Waals surface area (Å²) in [5.74, 6) is 1.43. The molecule has 0 saturated heterocycles. The number of ether oxygens (including phenoxy) is 3. The fourth-order valence-corrected chi connectivity index (χ4v) is 6.48. The van der Waals surface area contributed by atoms with E-state index in [2.05, 4.69) is 0 Å². The predicted molar refractivity (Wildman–Crippen MR) is 101 cm³/mol. The summed E-state index contributed by atoms with van der Waals surface area (Å²) >= 11 is 6.79. The third kappa shape index (κ3) is 3.31. The molecule has 4 aliphatic carbocycles. The zero-order valence-corrected chi connectivity index (χ0v) is 16.5. The van der Waals surface area contributed by atoms with Crippen molar-refractivity contribution in [3.05, 3.63) is 23.8 Å². The molecule has 0 radical (unpaired) electrons. The molecule has 0 unspecified atom stereocenters. The van der Waals surface area contributed by atoms with Gasteiger partial charge in [0.1, 0.15) is 11.5 Å². The highest BCUT2D eigenvalue weighted by Gasteiger charge is 2.60. The predicted octanol–water partition coefficient (Wildman–Crippen LogP) is 4.01. The normalized spacial score (nSPS) is 33.6. The topological polar surface area (TPSA) is 61.8 Å². The van der Waals surface area contributed by atoms with E-state index in [0.29, 0.717) is 35.3 Å². The summed E-state index contributed by atoms with van der Waals surface area (Å²) in [7, 11) is 3.03. The Labute approximate surface area is 164 Å². The van der Waals surface area contributed by atoms with Gasteiger partial charge in [0.25, 0.3) is 0 Å². The standard InChI is InChI=1S/C21H25ClO5/c1-25-15-3-4-18(26-2)16(6-15)17(23)11-27-19(24)20-7-13-5-14(8-20)10-21(22,9-13)12-20/h3-4,6,13-14H,5,7-12H2,1-2H3/t13-,14-,20?,21?/m0/s1. The average Bonchev–Trinajstić information content (AvgIpc) is 2.63. The molecule has 4 aliphatic rings. The maximum Gasteiger partial charge on any atom is 0.312 e. The van der Waals surface area contributed by atoms with Gasteiger partial charge in [0.05, 0.1) is 25.2 Å². The number of esters is 1. The van der Waals surface area contributed by atoms with Crippen LogP contribution in [0.5, 0.6) is 11.5 Å². The van der Waals surface area contributed by atoms with E-state index in [1.54, 1.807) is 18.2 Å². The third-order valence-corrected chi connectivity index (χ3v) is 6.91. The van der Waals surface area contributed by atoms with Gasteiger partial charge in [-0.05, 0) is 68.6 Å². The molecule has 0 aromatic heterocycles. The Morgan fingerprint density at radius 2 is 1.81 bits per heavy atom. The maximum atomic E-state index is 13.0. The molecule has 27 heavy (non-hydrogen) atoms. The number of ketones is 1. The first kappa shape index (κ1) is 18.6. The van der Waals surface area contributed by atoms with E-state index in [-0.39, 0.29) is 23.2 Å². The van der Waals surface area contributed by atoms with Crippen molar-refractivity contribution in [2.45, 2.75) is 43.4 Å². The lowest BCUT2D eigenvalue weighted by atomic mass is 9.49.